The number of aryl methyl sites for hydroxylation is 1. The summed E-state index contributed by atoms with van der Waals surface area (Å²) in [7, 11) is 0. The summed E-state index contributed by atoms with van der Waals surface area (Å²) >= 11 is 7.17. The number of rotatable bonds is 6. The Balaban J connectivity index is 1.44. The molecule has 2 heterocycles. The van der Waals surface area contributed by atoms with Gasteiger partial charge in [-0.05, 0) is 31.2 Å². The lowest BCUT2D eigenvalue weighted by Crippen LogP contribution is -2.20. The summed E-state index contributed by atoms with van der Waals surface area (Å²) in [5.74, 6) is -1.27. The van der Waals surface area contributed by atoms with Crippen LogP contribution in [0.2, 0.25) is 5.02 Å². The van der Waals surface area contributed by atoms with E-state index in [1.165, 1.54) is 23.5 Å². The Morgan fingerprint density at radius 2 is 1.97 bits per heavy atom. The SMILES string of the molecule is Cc1nn(-c2ccccc2)c2sc(C(=O)OCC(=O)Nc3ccc([N+](=O)[O-])cc3Cl)cc12. The average molecular weight is 471 g/mol. The van der Waals surface area contributed by atoms with Crippen molar-refractivity contribution in [3.05, 3.63) is 80.3 Å². The van der Waals surface area contributed by atoms with Crippen molar-refractivity contribution in [2.75, 3.05) is 11.9 Å². The van der Waals surface area contributed by atoms with E-state index in [2.05, 4.69) is 10.4 Å². The molecular weight excluding hydrogens is 456 g/mol. The fourth-order valence-corrected chi connectivity index (χ4v) is 4.30. The molecule has 162 valence electrons. The quantitative estimate of drug-likeness (QED) is 0.247. The minimum absolute atomic E-state index is 0.00400. The number of nitrogens with zero attached hydrogens (tertiary/aromatic N) is 3. The van der Waals surface area contributed by atoms with E-state index in [0.29, 0.717) is 4.88 Å². The summed E-state index contributed by atoms with van der Waals surface area (Å²) in [5, 5.41) is 18.6. The van der Waals surface area contributed by atoms with Crippen molar-refractivity contribution in [3.63, 3.8) is 0 Å². The molecular formula is C21H15ClN4O5S. The summed E-state index contributed by atoms with van der Waals surface area (Å²) in [6.45, 7) is 1.31. The number of thiophene rings is 1. The Morgan fingerprint density at radius 3 is 2.66 bits per heavy atom. The van der Waals surface area contributed by atoms with Crippen LogP contribution in [-0.4, -0.2) is 33.2 Å². The van der Waals surface area contributed by atoms with Crippen LogP contribution < -0.4 is 5.32 Å². The number of hydrogen-bond acceptors (Lipinski definition) is 7. The molecule has 11 heteroatoms. The lowest BCUT2D eigenvalue weighted by molar-refractivity contribution is -0.384. The van der Waals surface area contributed by atoms with Crippen LogP contribution in [-0.2, 0) is 9.53 Å². The highest BCUT2D eigenvalue weighted by molar-refractivity contribution is 7.20. The van der Waals surface area contributed by atoms with Crippen molar-refractivity contribution in [2.45, 2.75) is 6.92 Å². The minimum Gasteiger partial charge on any atom is -0.451 e. The van der Waals surface area contributed by atoms with Gasteiger partial charge in [0, 0.05) is 17.5 Å². The molecule has 0 radical (unpaired) electrons. The van der Waals surface area contributed by atoms with Gasteiger partial charge in [-0.15, -0.1) is 11.3 Å². The first-order valence-electron chi connectivity index (χ1n) is 9.29. The highest BCUT2D eigenvalue weighted by atomic mass is 35.5. The Labute approximate surface area is 190 Å². The van der Waals surface area contributed by atoms with E-state index in [4.69, 9.17) is 16.3 Å². The molecule has 4 rings (SSSR count). The van der Waals surface area contributed by atoms with E-state index in [-0.39, 0.29) is 16.4 Å². The second-order valence-corrected chi connectivity index (χ2v) is 8.15. The number of carbonyl (C=O) groups is 2. The van der Waals surface area contributed by atoms with Crippen molar-refractivity contribution >= 4 is 56.4 Å². The normalized spacial score (nSPS) is 10.8. The van der Waals surface area contributed by atoms with Crippen molar-refractivity contribution < 1.29 is 19.2 Å². The van der Waals surface area contributed by atoms with E-state index >= 15 is 0 Å². The number of aromatic nitrogens is 2. The Kier molecular flexibility index (Phi) is 5.89. The molecule has 0 aliphatic heterocycles. The standard InChI is InChI=1S/C21H15ClN4O5S/c1-12-15-10-18(32-20(15)25(24-12)13-5-3-2-4-6-13)21(28)31-11-19(27)23-17-8-7-14(26(29)30)9-16(17)22/h2-10H,11H2,1H3,(H,23,27). The van der Waals surface area contributed by atoms with Gasteiger partial charge in [0.1, 0.15) is 9.71 Å². The second-order valence-electron chi connectivity index (χ2n) is 6.71. The van der Waals surface area contributed by atoms with Crippen LogP contribution >= 0.6 is 22.9 Å². The zero-order valence-electron chi connectivity index (χ0n) is 16.6. The Bertz CT molecular complexity index is 1350. The van der Waals surface area contributed by atoms with Crippen LogP contribution in [0.5, 0.6) is 0 Å². The van der Waals surface area contributed by atoms with Gasteiger partial charge in [-0.1, -0.05) is 29.8 Å². The number of amides is 1. The van der Waals surface area contributed by atoms with E-state index in [0.717, 1.165) is 27.7 Å². The van der Waals surface area contributed by atoms with E-state index in [9.17, 15) is 19.7 Å². The maximum Gasteiger partial charge on any atom is 0.348 e. The molecule has 0 saturated heterocycles. The maximum atomic E-state index is 12.5. The van der Waals surface area contributed by atoms with Crippen molar-refractivity contribution in [1.82, 2.24) is 9.78 Å². The summed E-state index contributed by atoms with van der Waals surface area (Å²) in [6.07, 6.45) is 0. The summed E-state index contributed by atoms with van der Waals surface area (Å²) in [6, 6.07) is 14.9. The molecule has 0 atom stereocenters. The van der Waals surface area contributed by atoms with Gasteiger partial charge in [0.05, 0.1) is 27.0 Å². The average Bonchev–Trinajstić information content (AvgIpc) is 3.34. The molecule has 1 amide bonds. The fraction of sp³-hybridized carbons (Fsp3) is 0.0952. The van der Waals surface area contributed by atoms with E-state index in [1.54, 1.807) is 10.7 Å². The smallest absolute Gasteiger partial charge is 0.348 e. The largest absolute Gasteiger partial charge is 0.451 e. The number of anilines is 1. The third-order valence-electron chi connectivity index (χ3n) is 4.52. The number of nitro benzene ring substituents is 1. The number of non-ortho nitro benzene ring substituents is 1. The molecule has 1 N–H and O–H groups in total. The topological polar surface area (TPSA) is 116 Å². The number of benzene rings is 2. The summed E-state index contributed by atoms with van der Waals surface area (Å²) in [5.41, 5.74) is 1.61. The Morgan fingerprint density at radius 1 is 1.22 bits per heavy atom. The molecule has 9 nitrogen and oxygen atoms in total. The molecule has 0 aliphatic rings. The van der Waals surface area contributed by atoms with Crippen molar-refractivity contribution in [1.29, 1.82) is 0 Å². The zero-order chi connectivity index (χ0) is 22.8. The molecule has 0 fully saturated rings. The van der Waals surface area contributed by atoms with Gasteiger partial charge in [0.2, 0.25) is 0 Å². The van der Waals surface area contributed by atoms with Gasteiger partial charge in [-0.2, -0.15) is 5.10 Å². The van der Waals surface area contributed by atoms with Gasteiger partial charge in [-0.3, -0.25) is 14.9 Å². The molecule has 2 aromatic carbocycles. The maximum absolute atomic E-state index is 12.5. The van der Waals surface area contributed by atoms with Crippen LogP contribution in [0.4, 0.5) is 11.4 Å². The van der Waals surface area contributed by atoms with Gasteiger partial charge >= 0.3 is 5.97 Å². The van der Waals surface area contributed by atoms with Gasteiger partial charge < -0.3 is 10.1 Å². The number of hydrogen-bond donors (Lipinski definition) is 1. The summed E-state index contributed by atoms with van der Waals surface area (Å²) in [4.78, 5) is 35.9. The van der Waals surface area contributed by atoms with Gasteiger partial charge in [0.15, 0.2) is 6.61 Å². The highest BCUT2D eigenvalue weighted by Crippen LogP contribution is 2.31. The monoisotopic (exact) mass is 470 g/mol. The third kappa shape index (κ3) is 4.32. The molecule has 0 bridgehead atoms. The highest BCUT2D eigenvalue weighted by Gasteiger charge is 2.19. The molecule has 0 unspecified atom stereocenters. The van der Waals surface area contributed by atoms with Gasteiger partial charge in [0.25, 0.3) is 11.6 Å². The second kappa shape index (κ2) is 8.77. The molecule has 0 saturated carbocycles. The number of fused-ring (bicyclic) bond motifs is 1. The number of para-hydroxylation sites is 1. The first-order chi connectivity index (χ1) is 15.3. The van der Waals surface area contributed by atoms with Crippen molar-refractivity contribution in [2.24, 2.45) is 0 Å². The fourth-order valence-electron chi connectivity index (χ4n) is 3.00. The number of carbonyl (C=O) groups excluding carboxylic acids is 2. The van der Waals surface area contributed by atoms with E-state index in [1.807, 2.05) is 37.3 Å². The number of ether oxygens (including phenoxy) is 1. The first kappa shape index (κ1) is 21.5. The van der Waals surface area contributed by atoms with Crippen LogP contribution in [0.15, 0.2) is 54.6 Å². The lowest BCUT2D eigenvalue weighted by atomic mass is 10.3. The number of halogens is 1. The van der Waals surface area contributed by atoms with E-state index < -0.39 is 23.4 Å². The molecule has 2 aromatic heterocycles. The van der Waals surface area contributed by atoms with Crippen LogP contribution in [0, 0.1) is 17.0 Å². The van der Waals surface area contributed by atoms with Crippen LogP contribution in [0.25, 0.3) is 15.9 Å². The zero-order valence-corrected chi connectivity index (χ0v) is 18.1. The molecule has 0 spiro atoms. The number of nitrogens with one attached hydrogen (secondary N) is 1. The Hall–Kier alpha value is -3.76. The van der Waals surface area contributed by atoms with Gasteiger partial charge in [-0.25, -0.2) is 9.48 Å². The number of nitro groups is 1. The predicted molar refractivity (Wildman–Crippen MR) is 121 cm³/mol. The number of esters is 1. The lowest BCUT2D eigenvalue weighted by Gasteiger charge is -2.07. The first-order valence-corrected chi connectivity index (χ1v) is 10.5. The molecule has 0 aliphatic carbocycles. The molecule has 4 aromatic rings. The molecule has 32 heavy (non-hydrogen) atoms. The van der Waals surface area contributed by atoms with Crippen LogP contribution in [0.3, 0.4) is 0 Å². The third-order valence-corrected chi connectivity index (χ3v) is 5.92. The predicted octanol–water partition coefficient (Wildman–Crippen LogP) is 4.75. The summed E-state index contributed by atoms with van der Waals surface area (Å²) < 4.78 is 6.89. The van der Waals surface area contributed by atoms with Crippen molar-refractivity contribution in [3.8, 4) is 5.69 Å². The minimum atomic E-state index is -0.643. The van der Waals surface area contributed by atoms with Crippen LogP contribution in [0.1, 0.15) is 15.4 Å².